The lowest BCUT2D eigenvalue weighted by atomic mass is 9.95. The molecule has 1 fully saturated rings. The van der Waals surface area contributed by atoms with E-state index in [1.165, 1.54) is 24.8 Å². The summed E-state index contributed by atoms with van der Waals surface area (Å²) >= 11 is 0. The Morgan fingerprint density at radius 3 is 2.20 bits per heavy atom. The number of imide groups is 1. The number of rotatable bonds is 3. The first-order valence-electron chi connectivity index (χ1n) is 7.06. The average Bonchev–Trinajstić information content (AvgIpc) is 2.74. The molecule has 0 N–H and O–H groups in total. The summed E-state index contributed by atoms with van der Waals surface area (Å²) in [4.78, 5) is 29.5. The zero-order valence-electron chi connectivity index (χ0n) is 11.3. The van der Waals surface area contributed by atoms with Gasteiger partial charge in [-0.2, -0.15) is 0 Å². The Bertz CT molecular complexity index is 534. The third-order valence-electron chi connectivity index (χ3n) is 3.83. The number of allylic oxidation sites excluding steroid dienone is 1. The summed E-state index contributed by atoms with van der Waals surface area (Å²) in [5.74, 6) is -0.736. The van der Waals surface area contributed by atoms with E-state index in [2.05, 4.69) is 0 Å². The van der Waals surface area contributed by atoms with Gasteiger partial charge in [-0.25, -0.2) is 0 Å². The van der Waals surface area contributed by atoms with Crippen LogP contribution in [0.5, 0.6) is 0 Å². The molecule has 0 radical (unpaired) electrons. The van der Waals surface area contributed by atoms with Gasteiger partial charge in [0.2, 0.25) is 0 Å². The van der Waals surface area contributed by atoms with E-state index in [-0.39, 0.29) is 18.4 Å². The second-order valence-corrected chi connectivity index (χ2v) is 5.17. The number of hydrogen-bond acceptors (Lipinski definition) is 3. The topological polar surface area (TPSA) is 46.6 Å². The molecule has 4 nitrogen and oxygen atoms in total. The fraction of sp³-hybridized carbons (Fsp3) is 0.375. The van der Waals surface area contributed by atoms with Crippen LogP contribution in [0.2, 0.25) is 0 Å². The maximum Gasteiger partial charge on any atom is 0.285 e. The van der Waals surface area contributed by atoms with Crippen LogP contribution in [0, 0.1) is 0 Å². The van der Waals surface area contributed by atoms with Gasteiger partial charge >= 0.3 is 0 Å². The van der Waals surface area contributed by atoms with E-state index in [9.17, 15) is 9.59 Å². The lowest BCUT2D eigenvalue weighted by molar-refractivity contribution is -0.0803. The Kier molecular flexibility index (Phi) is 3.65. The number of carbonyl (C=O) groups excluding carboxylic acids is 2. The minimum atomic E-state index is -0.368. The molecule has 3 rings (SSSR count). The second-order valence-electron chi connectivity index (χ2n) is 5.17. The number of amides is 2. The van der Waals surface area contributed by atoms with Crippen LogP contribution in [0.1, 0.15) is 52.8 Å². The van der Waals surface area contributed by atoms with Crippen molar-refractivity contribution in [3.05, 3.63) is 47.0 Å². The van der Waals surface area contributed by atoms with Crippen molar-refractivity contribution in [3.8, 4) is 0 Å². The predicted octanol–water partition coefficient (Wildman–Crippen LogP) is 3.10. The Hall–Kier alpha value is -1.94. The molecular formula is C16H17NO3. The summed E-state index contributed by atoms with van der Waals surface area (Å²) in [5.41, 5.74) is 2.21. The molecule has 2 aliphatic rings. The van der Waals surface area contributed by atoms with Gasteiger partial charge in [-0.3, -0.25) is 14.4 Å². The van der Waals surface area contributed by atoms with Crippen molar-refractivity contribution in [2.24, 2.45) is 0 Å². The van der Waals surface area contributed by atoms with E-state index in [0.29, 0.717) is 11.1 Å². The molecule has 1 saturated carbocycles. The molecule has 0 unspecified atom stereocenters. The van der Waals surface area contributed by atoms with E-state index < -0.39 is 0 Å². The molecule has 1 aliphatic heterocycles. The molecule has 0 spiro atoms. The molecule has 0 aromatic heterocycles. The standard InChI is InChI=1S/C16H17NO3/c18-15-13-8-4-5-9-14(13)16(19)17(15)20-11-10-12-6-2-1-3-7-12/h4-5,8-10H,1-3,6-7,11H2. The van der Waals surface area contributed by atoms with Crippen LogP contribution in [0.25, 0.3) is 0 Å². The van der Waals surface area contributed by atoms with E-state index in [1.807, 2.05) is 6.08 Å². The van der Waals surface area contributed by atoms with E-state index in [1.54, 1.807) is 24.3 Å². The van der Waals surface area contributed by atoms with E-state index >= 15 is 0 Å². The van der Waals surface area contributed by atoms with Gasteiger partial charge in [0.25, 0.3) is 11.8 Å². The summed E-state index contributed by atoms with van der Waals surface area (Å²) in [6.07, 6.45) is 7.94. The number of fused-ring (bicyclic) bond motifs is 1. The predicted molar refractivity (Wildman–Crippen MR) is 74.1 cm³/mol. The fourth-order valence-corrected chi connectivity index (χ4v) is 2.72. The first kappa shape index (κ1) is 13.1. The lowest BCUT2D eigenvalue weighted by Crippen LogP contribution is -2.30. The van der Waals surface area contributed by atoms with Crippen molar-refractivity contribution in [1.29, 1.82) is 0 Å². The van der Waals surface area contributed by atoms with Gasteiger partial charge in [-0.05, 0) is 37.8 Å². The molecule has 1 aromatic carbocycles. The van der Waals surface area contributed by atoms with E-state index in [0.717, 1.165) is 17.9 Å². The molecule has 0 saturated heterocycles. The van der Waals surface area contributed by atoms with Crippen molar-refractivity contribution in [2.45, 2.75) is 32.1 Å². The molecule has 1 aromatic rings. The molecule has 1 heterocycles. The Labute approximate surface area is 118 Å². The minimum absolute atomic E-state index is 0.279. The summed E-state index contributed by atoms with van der Waals surface area (Å²) in [6, 6.07) is 6.80. The van der Waals surface area contributed by atoms with Gasteiger partial charge in [0, 0.05) is 0 Å². The third kappa shape index (κ3) is 2.39. The van der Waals surface area contributed by atoms with Gasteiger partial charge in [0.15, 0.2) is 0 Å². The summed E-state index contributed by atoms with van der Waals surface area (Å²) in [5, 5.41) is 0.880. The maximum absolute atomic E-state index is 12.0. The smallest absolute Gasteiger partial charge is 0.266 e. The van der Waals surface area contributed by atoms with Crippen LogP contribution >= 0.6 is 0 Å². The molecule has 2 amide bonds. The molecule has 20 heavy (non-hydrogen) atoms. The maximum atomic E-state index is 12.0. The number of hydroxylamine groups is 2. The molecular weight excluding hydrogens is 254 g/mol. The molecule has 0 bridgehead atoms. The number of nitrogens with zero attached hydrogens (tertiary/aromatic N) is 1. The third-order valence-corrected chi connectivity index (χ3v) is 3.83. The van der Waals surface area contributed by atoms with Gasteiger partial charge in [-0.1, -0.05) is 30.2 Å². The largest absolute Gasteiger partial charge is 0.285 e. The normalized spacial score (nSPS) is 18.4. The van der Waals surface area contributed by atoms with Crippen LogP contribution in [-0.2, 0) is 4.84 Å². The zero-order valence-corrected chi connectivity index (χ0v) is 11.3. The molecule has 104 valence electrons. The number of carbonyl (C=O) groups is 2. The highest BCUT2D eigenvalue weighted by Crippen LogP contribution is 2.24. The molecule has 0 atom stereocenters. The Balaban J connectivity index is 1.65. The lowest BCUT2D eigenvalue weighted by Gasteiger charge is -2.15. The molecule has 1 aliphatic carbocycles. The first-order chi connectivity index (χ1) is 9.77. The highest BCUT2D eigenvalue weighted by Gasteiger charge is 2.36. The first-order valence-corrected chi connectivity index (χ1v) is 7.06. The van der Waals surface area contributed by atoms with Crippen LogP contribution in [0.4, 0.5) is 0 Å². The fourth-order valence-electron chi connectivity index (χ4n) is 2.72. The molecule has 4 heteroatoms. The van der Waals surface area contributed by atoms with Crippen molar-refractivity contribution in [2.75, 3.05) is 6.61 Å². The van der Waals surface area contributed by atoms with Gasteiger partial charge < -0.3 is 0 Å². The highest BCUT2D eigenvalue weighted by molar-refractivity contribution is 6.20. The quantitative estimate of drug-likeness (QED) is 0.627. The Morgan fingerprint density at radius 1 is 1.00 bits per heavy atom. The summed E-state index contributed by atoms with van der Waals surface area (Å²) < 4.78 is 0. The second kappa shape index (κ2) is 5.59. The van der Waals surface area contributed by atoms with Gasteiger partial charge in [0.1, 0.15) is 0 Å². The summed E-state index contributed by atoms with van der Waals surface area (Å²) in [7, 11) is 0. The SMILES string of the molecule is O=C1c2ccccc2C(=O)N1OCC=C1CCCCC1. The van der Waals surface area contributed by atoms with E-state index in [4.69, 9.17) is 4.84 Å². The van der Waals surface area contributed by atoms with Crippen LogP contribution in [0.15, 0.2) is 35.9 Å². The van der Waals surface area contributed by atoms with Crippen LogP contribution < -0.4 is 0 Å². The highest BCUT2D eigenvalue weighted by atomic mass is 16.7. The van der Waals surface area contributed by atoms with Crippen molar-refractivity contribution >= 4 is 11.8 Å². The average molecular weight is 271 g/mol. The van der Waals surface area contributed by atoms with Crippen molar-refractivity contribution in [3.63, 3.8) is 0 Å². The Morgan fingerprint density at radius 2 is 1.60 bits per heavy atom. The van der Waals surface area contributed by atoms with Crippen molar-refractivity contribution in [1.82, 2.24) is 5.06 Å². The zero-order chi connectivity index (χ0) is 13.9. The van der Waals surface area contributed by atoms with Crippen LogP contribution in [-0.4, -0.2) is 23.5 Å². The minimum Gasteiger partial charge on any atom is -0.266 e. The van der Waals surface area contributed by atoms with Gasteiger partial charge in [0.05, 0.1) is 17.7 Å². The monoisotopic (exact) mass is 271 g/mol. The number of hydrogen-bond donors (Lipinski definition) is 0. The summed E-state index contributed by atoms with van der Waals surface area (Å²) in [6.45, 7) is 0.279. The van der Waals surface area contributed by atoms with Gasteiger partial charge in [-0.15, -0.1) is 5.06 Å². The van der Waals surface area contributed by atoms with Crippen LogP contribution in [0.3, 0.4) is 0 Å². The number of benzene rings is 1. The van der Waals surface area contributed by atoms with Crippen molar-refractivity contribution < 1.29 is 14.4 Å².